The first kappa shape index (κ1) is 16.5. The molecule has 0 aliphatic heterocycles. The maximum absolute atomic E-state index is 12.3. The van der Waals surface area contributed by atoms with E-state index in [1.807, 2.05) is 0 Å². The number of hydrogen-bond acceptors (Lipinski definition) is 5. The van der Waals surface area contributed by atoms with Gasteiger partial charge < -0.3 is 0 Å². The van der Waals surface area contributed by atoms with E-state index in [-0.39, 0.29) is 10.0 Å². The summed E-state index contributed by atoms with van der Waals surface area (Å²) in [5.74, 6) is 0.0588. The minimum absolute atomic E-state index is 0.283. The molecule has 3 aromatic rings. The number of carbonyl (C=O) groups excluding carboxylic acids is 1. The van der Waals surface area contributed by atoms with Crippen molar-refractivity contribution in [1.29, 1.82) is 0 Å². The van der Waals surface area contributed by atoms with Crippen LogP contribution in [-0.4, -0.2) is 25.7 Å². The molecule has 0 atom stereocenters. The third-order valence-electron chi connectivity index (χ3n) is 2.97. The van der Waals surface area contributed by atoms with E-state index in [0.29, 0.717) is 22.1 Å². The van der Waals surface area contributed by atoms with E-state index in [9.17, 15) is 4.79 Å². The summed E-state index contributed by atoms with van der Waals surface area (Å²) in [7, 11) is 0. The van der Waals surface area contributed by atoms with Crippen LogP contribution in [0.1, 0.15) is 10.4 Å². The van der Waals surface area contributed by atoms with E-state index >= 15 is 0 Å². The molecule has 7 nitrogen and oxygen atoms in total. The minimum atomic E-state index is -0.402. The second kappa shape index (κ2) is 7.04. The number of amides is 1. The Bertz CT molecular complexity index is 861. The van der Waals surface area contributed by atoms with Crippen molar-refractivity contribution in [2.45, 2.75) is 0 Å². The number of rotatable bonds is 4. The van der Waals surface area contributed by atoms with Gasteiger partial charge in [0, 0.05) is 16.8 Å². The summed E-state index contributed by atoms with van der Waals surface area (Å²) < 4.78 is 1.44. The van der Waals surface area contributed by atoms with Gasteiger partial charge in [0.25, 0.3) is 5.91 Å². The van der Waals surface area contributed by atoms with Crippen LogP contribution in [-0.2, 0) is 0 Å². The third kappa shape index (κ3) is 3.59. The molecule has 122 valence electrons. The summed E-state index contributed by atoms with van der Waals surface area (Å²) in [6.45, 7) is 0. The zero-order valence-electron chi connectivity index (χ0n) is 11.9. The van der Waals surface area contributed by atoms with Crippen LogP contribution in [0.2, 0.25) is 15.1 Å². The highest BCUT2D eigenvalue weighted by molar-refractivity contribution is 6.41. The molecule has 2 heterocycles. The molecule has 2 aromatic heterocycles. The Kier molecular flexibility index (Phi) is 4.84. The molecule has 1 amide bonds. The molecule has 0 spiro atoms. The van der Waals surface area contributed by atoms with E-state index < -0.39 is 5.91 Å². The minimum Gasteiger partial charge on any atom is -0.295 e. The lowest BCUT2D eigenvalue weighted by Crippen LogP contribution is -2.29. The molecule has 2 N–H and O–H groups in total. The van der Waals surface area contributed by atoms with E-state index in [2.05, 4.69) is 25.9 Å². The van der Waals surface area contributed by atoms with Crippen molar-refractivity contribution in [3.05, 3.63) is 63.7 Å². The number of anilines is 1. The average molecular weight is 384 g/mol. The molecule has 0 saturated carbocycles. The predicted molar refractivity (Wildman–Crippen MR) is 91.7 cm³/mol. The number of aromatic nitrogens is 4. The van der Waals surface area contributed by atoms with Gasteiger partial charge >= 0.3 is 0 Å². The van der Waals surface area contributed by atoms with E-state index in [0.717, 1.165) is 0 Å². The van der Waals surface area contributed by atoms with Crippen molar-refractivity contribution in [1.82, 2.24) is 25.2 Å². The van der Waals surface area contributed by atoms with Crippen molar-refractivity contribution in [3.8, 4) is 5.82 Å². The van der Waals surface area contributed by atoms with Gasteiger partial charge in [-0.25, -0.2) is 14.6 Å². The third-order valence-corrected chi connectivity index (χ3v) is 3.78. The molecule has 24 heavy (non-hydrogen) atoms. The van der Waals surface area contributed by atoms with Crippen molar-refractivity contribution in [2.75, 3.05) is 5.43 Å². The second-order valence-electron chi connectivity index (χ2n) is 4.57. The highest BCUT2D eigenvalue weighted by Crippen LogP contribution is 2.33. The molecule has 0 saturated heterocycles. The first-order valence-electron chi connectivity index (χ1n) is 6.56. The van der Waals surface area contributed by atoms with Crippen molar-refractivity contribution < 1.29 is 4.79 Å². The van der Waals surface area contributed by atoms with Gasteiger partial charge in [-0.1, -0.05) is 34.8 Å². The summed E-state index contributed by atoms with van der Waals surface area (Å²) >= 11 is 17.9. The lowest BCUT2D eigenvalue weighted by Gasteiger charge is -2.12. The van der Waals surface area contributed by atoms with Crippen LogP contribution < -0.4 is 10.9 Å². The molecule has 0 bridgehead atoms. The largest absolute Gasteiger partial charge is 0.295 e. The summed E-state index contributed by atoms with van der Waals surface area (Å²) in [5.41, 5.74) is 5.91. The zero-order chi connectivity index (χ0) is 17.1. The first-order chi connectivity index (χ1) is 11.5. The number of benzene rings is 1. The number of hydrazine groups is 1. The predicted octanol–water partition coefficient (Wildman–Crippen LogP) is 3.38. The van der Waals surface area contributed by atoms with Crippen LogP contribution in [0.5, 0.6) is 0 Å². The van der Waals surface area contributed by atoms with Gasteiger partial charge in [-0.05, 0) is 24.3 Å². The van der Waals surface area contributed by atoms with Crippen molar-refractivity contribution in [2.24, 2.45) is 0 Å². The van der Waals surface area contributed by atoms with Gasteiger partial charge in [-0.3, -0.25) is 15.6 Å². The fourth-order valence-corrected chi connectivity index (χ4v) is 2.78. The number of nitrogens with one attached hydrogen (secondary N) is 2. The van der Waals surface area contributed by atoms with Crippen LogP contribution in [0.15, 0.2) is 43.1 Å². The molecule has 1 aromatic carbocycles. The summed E-state index contributed by atoms with van der Waals surface area (Å²) in [4.78, 5) is 20.2. The van der Waals surface area contributed by atoms with Gasteiger partial charge in [0.1, 0.15) is 12.7 Å². The van der Waals surface area contributed by atoms with Crippen molar-refractivity contribution >= 4 is 46.4 Å². The zero-order valence-corrected chi connectivity index (χ0v) is 14.1. The van der Waals surface area contributed by atoms with E-state index in [1.165, 1.54) is 35.7 Å². The lowest BCUT2D eigenvalue weighted by atomic mass is 10.2. The van der Waals surface area contributed by atoms with Crippen LogP contribution in [0, 0.1) is 0 Å². The molecular formula is C14H9Cl3N6O. The summed E-state index contributed by atoms with van der Waals surface area (Å²) in [5, 5.41) is 4.92. The Morgan fingerprint density at radius 1 is 1.12 bits per heavy atom. The molecule has 0 fully saturated rings. The van der Waals surface area contributed by atoms with Crippen LogP contribution >= 0.6 is 34.8 Å². The Morgan fingerprint density at radius 2 is 1.88 bits per heavy atom. The Hall–Kier alpha value is -2.35. The quantitative estimate of drug-likeness (QED) is 0.675. The molecule has 0 unspecified atom stereocenters. The highest BCUT2D eigenvalue weighted by atomic mass is 35.5. The van der Waals surface area contributed by atoms with E-state index in [4.69, 9.17) is 34.8 Å². The molecule has 3 rings (SSSR count). The van der Waals surface area contributed by atoms with Crippen LogP contribution in [0.4, 0.5) is 5.69 Å². The summed E-state index contributed by atoms with van der Waals surface area (Å²) in [6.07, 6.45) is 4.35. The van der Waals surface area contributed by atoms with Crippen LogP contribution in [0.25, 0.3) is 5.82 Å². The molecule has 10 heteroatoms. The highest BCUT2D eigenvalue weighted by Gasteiger charge is 2.11. The van der Waals surface area contributed by atoms with Gasteiger partial charge in [0.05, 0.1) is 15.7 Å². The SMILES string of the molecule is O=C(NNc1c(Cl)cc(Cl)cc1Cl)c1ccnc(-n2cncn2)c1. The molecule has 0 aliphatic carbocycles. The van der Waals surface area contributed by atoms with E-state index in [1.54, 1.807) is 12.1 Å². The summed E-state index contributed by atoms with van der Waals surface area (Å²) in [6, 6.07) is 6.15. The fourth-order valence-electron chi connectivity index (χ4n) is 1.86. The number of carbonyl (C=O) groups is 1. The number of hydrogen-bond donors (Lipinski definition) is 2. The smallest absolute Gasteiger partial charge is 0.269 e. The normalized spacial score (nSPS) is 10.5. The first-order valence-corrected chi connectivity index (χ1v) is 7.70. The van der Waals surface area contributed by atoms with Crippen molar-refractivity contribution in [3.63, 3.8) is 0 Å². The maximum Gasteiger partial charge on any atom is 0.269 e. The maximum atomic E-state index is 12.3. The molecule has 0 radical (unpaired) electrons. The van der Waals surface area contributed by atoms with Gasteiger partial charge in [0.2, 0.25) is 0 Å². The Balaban J connectivity index is 1.75. The van der Waals surface area contributed by atoms with Gasteiger partial charge in [-0.2, -0.15) is 5.10 Å². The Morgan fingerprint density at radius 3 is 2.54 bits per heavy atom. The molecular weight excluding hydrogens is 375 g/mol. The number of nitrogens with zero attached hydrogens (tertiary/aromatic N) is 4. The fraction of sp³-hybridized carbons (Fsp3) is 0. The van der Waals surface area contributed by atoms with Gasteiger partial charge in [-0.15, -0.1) is 0 Å². The number of halogens is 3. The Labute approximate surface area is 151 Å². The monoisotopic (exact) mass is 382 g/mol. The standard InChI is InChI=1S/C14H9Cl3N6O/c15-9-4-10(16)13(11(17)5-9)21-22-14(24)8-1-2-19-12(3-8)23-7-18-6-20-23/h1-7,21H,(H,22,24). The average Bonchev–Trinajstić information content (AvgIpc) is 3.08. The van der Waals surface area contributed by atoms with Gasteiger partial charge in [0.15, 0.2) is 5.82 Å². The topological polar surface area (TPSA) is 84.7 Å². The van der Waals surface area contributed by atoms with Crippen LogP contribution in [0.3, 0.4) is 0 Å². The molecule has 0 aliphatic rings. The number of pyridine rings is 1. The lowest BCUT2D eigenvalue weighted by molar-refractivity contribution is 0.0962. The second-order valence-corrected chi connectivity index (χ2v) is 5.82.